The molecule has 0 saturated carbocycles. The maximum atomic E-state index is 13.1. The summed E-state index contributed by atoms with van der Waals surface area (Å²) < 4.78 is 10.5. The monoisotopic (exact) mass is 441 g/mol. The third-order valence-corrected chi connectivity index (χ3v) is 4.59. The normalized spacial score (nSPS) is 10.4. The molecule has 2 aromatic carbocycles. The molecule has 0 spiro atoms. The number of rotatable bonds is 10. The number of hydrogen-bond acceptors (Lipinski definition) is 5. The minimum Gasteiger partial charge on any atom is -0.497 e. The van der Waals surface area contributed by atoms with Crippen LogP contribution in [0.5, 0.6) is 11.5 Å². The number of methoxy groups -OCH3 is 2. The zero-order valence-electron chi connectivity index (χ0n) is 19.2. The first-order chi connectivity index (χ1) is 15.2. The number of amides is 3. The fourth-order valence-electron chi connectivity index (χ4n) is 3.02. The average molecular weight is 442 g/mol. The fraction of sp³-hybridized carbons (Fsp3) is 0.375. The van der Waals surface area contributed by atoms with Crippen molar-refractivity contribution in [3.8, 4) is 11.5 Å². The van der Waals surface area contributed by atoms with Gasteiger partial charge in [-0.1, -0.05) is 31.5 Å². The Morgan fingerprint density at radius 1 is 0.938 bits per heavy atom. The second-order valence-electron chi connectivity index (χ2n) is 7.87. The van der Waals surface area contributed by atoms with E-state index in [0.717, 1.165) is 5.56 Å². The Kier molecular flexibility index (Phi) is 9.07. The summed E-state index contributed by atoms with van der Waals surface area (Å²) in [5, 5.41) is 5.30. The van der Waals surface area contributed by atoms with E-state index in [0.29, 0.717) is 29.3 Å². The Hall–Kier alpha value is -3.55. The molecule has 3 amide bonds. The van der Waals surface area contributed by atoms with E-state index in [9.17, 15) is 14.4 Å². The van der Waals surface area contributed by atoms with Crippen LogP contribution < -0.4 is 20.1 Å². The van der Waals surface area contributed by atoms with Crippen molar-refractivity contribution in [2.75, 3.05) is 39.2 Å². The molecule has 0 saturated heterocycles. The molecule has 0 aliphatic rings. The number of aryl methyl sites for hydroxylation is 1. The lowest BCUT2D eigenvalue weighted by Gasteiger charge is -2.24. The number of benzene rings is 2. The fourth-order valence-corrected chi connectivity index (χ4v) is 3.02. The van der Waals surface area contributed by atoms with Crippen LogP contribution in [0.3, 0.4) is 0 Å². The predicted molar refractivity (Wildman–Crippen MR) is 123 cm³/mol. The number of hydrogen-bond donors (Lipinski definition) is 2. The molecule has 0 aromatic heterocycles. The smallest absolute Gasteiger partial charge is 0.254 e. The number of carbonyl (C=O) groups excluding carboxylic acids is 3. The summed E-state index contributed by atoms with van der Waals surface area (Å²) in [5.41, 5.74) is 2.09. The van der Waals surface area contributed by atoms with Crippen molar-refractivity contribution in [3.63, 3.8) is 0 Å². The van der Waals surface area contributed by atoms with Crippen molar-refractivity contribution in [1.29, 1.82) is 0 Å². The molecule has 172 valence electrons. The highest BCUT2D eigenvalue weighted by molar-refractivity contribution is 5.98. The van der Waals surface area contributed by atoms with Crippen molar-refractivity contribution < 1.29 is 23.9 Å². The standard InChI is InChI=1S/C24H31N3O5/c1-16(2)14-27(24(30)18-10-20(31-4)12-21(11-18)32-5)15-23(29)25-13-22(28)26-19-8-6-17(3)7-9-19/h6-12,16H,13-15H2,1-5H3,(H,25,29)(H,26,28). The van der Waals surface area contributed by atoms with Crippen LogP contribution in [-0.2, 0) is 9.59 Å². The third-order valence-electron chi connectivity index (χ3n) is 4.59. The van der Waals surface area contributed by atoms with Crippen LogP contribution >= 0.6 is 0 Å². The van der Waals surface area contributed by atoms with Gasteiger partial charge in [-0.2, -0.15) is 0 Å². The molecular weight excluding hydrogens is 410 g/mol. The quantitative estimate of drug-likeness (QED) is 0.591. The van der Waals surface area contributed by atoms with Crippen LogP contribution in [0, 0.1) is 12.8 Å². The van der Waals surface area contributed by atoms with Crippen molar-refractivity contribution in [1.82, 2.24) is 10.2 Å². The van der Waals surface area contributed by atoms with Crippen LogP contribution in [0.4, 0.5) is 5.69 Å². The summed E-state index contributed by atoms with van der Waals surface area (Å²) >= 11 is 0. The van der Waals surface area contributed by atoms with E-state index in [-0.39, 0.29) is 30.8 Å². The Morgan fingerprint density at radius 3 is 2.06 bits per heavy atom. The molecular formula is C24H31N3O5. The van der Waals surface area contributed by atoms with E-state index >= 15 is 0 Å². The second-order valence-corrected chi connectivity index (χ2v) is 7.87. The highest BCUT2D eigenvalue weighted by Crippen LogP contribution is 2.23. The molecule has 8 heteroatoms. The SMILES string of the molecule is COc1cc(OC)cc(C(=O)N(CC(=O)NCC(=O)Nc2ccc(C)cc2)CC(C)C)c1. The van der Waals surface area contributed by atoms with Gasteiger partial charge in [0.05, 0.1) is 27.3 Å². The number of nitrogens with one attached hydrogen (secondary N) is 2. The Bertz CT molecular complexity index is 919. The number of anilines is 1. The number of carbonyl (C=O) groups is 3. The minimum absolute atomic E-state index is 0.143. The van der Waals surface area contributed by atoms with Crippen molar-refractivity contribution in [3.05, 3.63) is 53.6 Å². The molecule has 0 bridgehead atoms. The molecule has 0 aliphatic heterocycles. The molecule has 0 radical (unpaired) electrons. The molecule has 0 atom stereocenters. The van der Waals surface area contributed by atoms with E-state index in [1.165, 1.54) is 19.1 Å². The van der Waals surface area contributed by atoms with E-state index in [1.54, 1.807) is 30.3 Å². The van der Waals surface area contributed by atoms with Crippen LogP contribution in [0.2, 0.25) is 0 Å². The maximum Gasteiger partial charge on any atom is 0.254 e. The molecule has 2 N–H and O–H groups in total. The van der Waals surface area contributed by atoms with Gasteiger partial charge >= 0.3 is 0 Å². The largest absolute Gasteiger partial charge is 0.497 e. The molecule has 2 rings (SSSR count). The van der Waals surface area contributed by atoms with Gasteiger partial charge in [0, 0.05) is 23.9 Å². The topological polar surface area (TPSA) is 97.0 Å². The Labute approximate surface area is 188 Å². The van der Waals surface area contributed by atoms with Gasteiger partial charge in [0.25, 0.3) is 5.91 Å². The molecule has 32 heavy (non-hydrogen) atoms. The molecule has 8 nitrogen and oxygen atoms in total. The maximum absolute atomic E-state index is 13.1. The lowest BCUT2D eigenvalue weighted by Crippen LogP contribution is -2.44. The molecule has 0 unspecified atom stereocenters. The lowest BCUT2D eigenvalue weighted by molar-refractivity contribution is -0.124. The van der Waals surface area contributed by atoms with E-state index < -0.39 is 5.91 Å². The first-order valence-electron chi connectivity index (χ1n) is 10.4. The third kappa shape index (κ3) is 7.61. The van der Waals surface area contributed by atoms with Crippen LogP contribution in [-0.4, -0.2) is 56.5 Å². The zero-order chi connectivity index (χ0) is 23.7. The van der Waals surface area contributed by atoms with Gasteiger partial charge in [-0.25, -0.2) is 0 Å². The Morgan fingerprint density at radius 2 is 1.53 bits per heavy atom. The molecule has 0 fully saturated rings. The van der Waals surface area contributed by atoms with Gasteiger partial charge in [-0.15, -0.1) is 0 Å². The first kappa shape index (κ1) is 24.7. The van der Waals surface area contributed by atoms with E-state index in [1.807, 2.05) is 32.9 Å². The Balaban J connectivity index is 2.01. The summed E-state index contributed by atoms with van der Waals surface area (Å²) in [6.45, 7) is 5.88. The highest BCUT2D eigenvalue weighted by Gasteiger charge is 2.21. The van der Waals surface area contributed by atoms with Gasteiger partial charge in [0.2, 0.25) is 11.8 Å². The summed E-state index contributed by atoms with van der Waals surface area (Å²) in [7, 11) is 3.01. The van der Waals surface area contributed by atoms with Crippen LogP contribution in [0.1, 0.15) is 29.8 Å². The molecule has 0 aliphatic carbocycles. The predicted octanol–water partition coefficient (Wildman–Crippen LogP) is 2.87. The van der Waals surface area contributed by atoms with Gasteiger partial charge in [-0.05, 0) is 37.1 Å². The van der Waals surface area contributed by atoms with E-state index in [4.69, 9.17) is 9.47 Å². The van der Waals surface area contributed by atoms with E-state index in [2.05, 4.69) is 10.6 Å². The van der Waals surface area contributed by atoms with Gasteiger partial charge in [0.15, 0.2) is 0 Å². The van der Waals surface area contributed by atoms with Gasteiger partial charge < -0.3 is 25.0 Å². The summed E-state index contributed by atoms with van der Waals surface area (Å²) in [4.78, 5) is 39.2. The second kappa shape index (κ2) is 11.7. The van der Waals surface area contributed by atoms with Crippen molar-refractivity contribution in [2.24, 2.45) is 5.92 Å². The van der Waals surface area contributed by atoms with Crippen molar-refractivity contribution in [2.45, 2.75) is 20.8 Å². The number of nitrogens with zero attached hydrogens (tertiary/aromatic N) is 1. The van der Waals surface area contributed by atoms with Gasteiger partial charge in [-0.3, -0.25) is 14.4 Å². The van der Waals surface area contributed by atoms with Gasteiger partial charge in [0.1, 0.15) is 11.5 Å². The molecule has 2 aromatic rings. The van der Waals surface area contributed by atoms with Crippen LogP contribution in [0.25, 0.3) is 0 Å². The number of ether oxygens (including phenoxy) is 2. The van der Waals surface area contributed by atoms with Crippen LogP contribution in [0.15, 0.2) is 42.5 Å². The highest BCUT2D eigenvalue weighted by atomic mass is 16.5. The average Bonchev–Trinajstić information content (AvgIpc) is 2.77. The first-order valence-corrected chi connectivity index (χ1v) is 10.4. The summed E-state index contributed by atoms with van der Waals surface area (Å²) in [5.74, 6) is 0.0116. The summed E-state index contributed by atoms with van der Waals surface area (Å²) in [6.07, 6.45) is 0. The van der Waals surface area contributed by atoms with Crippen molar-refractivity contribution >= 4 is 23.4 Å². The minimum atomic E-state index is -0.423. The molecule has 0 heterocycles. The lowest BCUT2D eigenvalue weighted by atomic mass is 10.1. The summed E-state index contributed by atoms with van der Waals surface area (Å²) in [6, 6.07) is 12.2. The zero-order valence-corrected chi connectivity index (χ0v) is 19.2.